The van der Waals surface area contributed by atoms with Crippen LogP contribution in [0, 0.1) is 13.8 Å². The van der Waals surface area contributed by atoms with Crippen LogP contribution in [0.3, 0.4) is 0 Å². The predicted octanol–water partition coefficient (Wildman–Crippen LogP) is 5.94. The first-order valence-corrected chi connectivity index (χ1v) is 10.8. The van der Waals surface area contributed by atoms with Gasteiger partial charge in [0, 0.05) is 32.2 Å². The van der Waals surface area contributed by atoms with Gasteiger partial charge < -0.3 is 15.4 Å². The summed E-state index contributed by atoms with van der Waals surface area (Å²) >= 11 is 0. The zero-order valence-corrected chi connectivity index (χ0v) is 18.7. The summed E-state index contributed by atoms with van der Waals surface area (Å²) in [6, 6.07) is 20.1. The minimum Gasteiger partial charge on any atom is -0.484 e. The third-order valence-corrected chi connectivity index (χ3v) is 5.08. The first-order valence-electron chi connectivity index (χ1n) is 10.8. The smallest absolute Gasteiger partial charge is 0.157 e. The van der Waals surface area contributed by atoms with Gasteiger partial charge in [0.2, 0.25) is 0 Å². The number of anilines is 3. The van der Waals surface area contributed by atoms with Gasteiger partial charge >= 0.3 is 0 Å². The van der Waals surface area contributed by atoms with Crippen molar-refractivity contribution in [2.45, 2.75) is 20.4 Å². The molecule has 168 valence electrons. The summed E-state index contributed by atoms with van der Waals surface area (Å²) in [7, 11) is 0. The number of ether oxygens (including phenoxy) is 1. The number of rotatable bonds is 9. The highest BCUT2D eigenvalue weighted by atomic mass is 16.5. The fourth-order valence-corrected chi connectivity index (χ4v) is 3.67. The lowest BCUT2D eigenvalue weighted by atomic mass is 10.1. The molecule has 6 heteroatoms. The van der Waals surface area contributed by atoms with Crippen molar-refractivity contribution >= 4 is 23.5 Å². The minimum atomic E-state index is 0. The van der Waals surface area contributed by atoms with Crippen LogP contribution >= 0.6 is 0 Å². The van der Waals surface area contributed by atoms with E-state index in [1.807, 2.05) is 48.7 Å². The predicted molar refractivity (Wildman–Crippen MR) is 134 cm³/mol. The SMILES string of the molecule is Cc1cc(C)cc(Nc2cc(-c3ccc(OCC=O)c(NCc4cccnc4)c3)ccn2)c1.[HH]. The topological polar surface area (TPSA) is 76.1 Å². The number of aryl methyl sites for hydroxylation is 2. The van der Waals surface area contributed by atoms with Gasteiger partial charge in [-0.3, -0.25) is 9.78 Å². The van der Waals surface area contributed by atoms with E-state index < -0.39 is 0 Å². The number of carbonyl (C=O) groups is 1. The Morgan fingerprint density at radius 3 is 2.55 bits per heavy atom. The number of hydrogen-bond acceptors (Lipinski definition) is 6. The van der Waals surface area contributed by atoms with Crippen molar-refractivity contribution in [2.75, 3.05) is 17.2 Å². The Bertz CT molecular complexity index is 1230. The van der Waals surface area contributed by atoms with Crippen LogP contribution in [0.1, 0.15) is 18.1 Å². The molecule has 4 aromatic rings. The van der Waals surface area contributed by atoms with E-state index in [-0.39, 0.29) is 8.03 Å². The molecule has 0 unspecified atom stereocenters. The molecule has 6 nitrogen and oxygen atoms in total. The Morgan fingerprint density at radius 1 is 0.970 bits per heavy atom. The molecule has 4 rings (SSSR count). The maximum Gasteiger partial charge on any atom is 0.157 e. The fourth-order valence-electron chi connectivity index (χ4n) is 3.67. The van der Waals surface area contributed by atoms with Crippen LogP contribution in [0.25, 0.3) is 11.1 Å². The number of benzene rings is 2. The van der Waals surface area contributed by atoms with Gasteiger partial charge in [0.05, 0.1) is 5.69 Å². The second-order valence-corrected chi connectivity index (χ2v) is 7.83. The third kappa shape index (κ3) is 5.95. The maximum absolute atomic E-state index is 10.8. The molecule has 0 atom stereocenters. The van der Waals surface area contributed by atoms with E-state index in [1.165, 1.54) is 11.1 Å². The molecule has 0 aliphatic rings. The first-order chi connectivity index (χ1) is 16.1. The first kappa shape index (κ1) is 22.0. The van der Waals surface area contributed by atoms with E-state index in [2.05, 4.69) is 52.6 Å². The second kappa shape index (κ2) is 10.4. The van der Waals surface area contributed by atoms with Crippen molar-refractivity contribution in [3.63, 3.8) is 0 Å². The van der Waals surface area contributed by atoms with Gasteiger partial charge in [0.25, 0.3) is 0 Å². The Hall–Kier alpha value is -4.19. The highest BCUT2D eigenvalue weighted by Gasteiger charge is 2.09. The number of aromatic nitrogens is 2. The lowest BCUT2D eigenvalue weighted by molar-refractivity contribution is -0.109. The van der Waals surface area contributed by atoms with Gasteiger partial charge in [-0.15, -0.1) is 0 Å². The van der Waals surface area contributed by atoms with E-state index in [4.69, 9.17) is 4.74 Å². The summed E-state index contributed by atoms with van der Waals surface area (Å²) in [5.41, 5.74) is 7.28. The molecule has 2 N–H and O–H groups in total. The molecule has 0 saturated heterocycles. The van der Waals surface area contributed by atoms with Gasteiger partial charge in [0.15, 0.2) is 6.29 Å². The monoisotopic (exact) mass is 440 g/mol. The molecule has 0 spiro atoms. The molecular weight excluding hydrogens is 412 g/mol. The lowest BCUT2D eigenvalue weighted by Gasteiger charge is -2.15. The van der Waals surface area contributed by atoms with E-state index in [0.29, 0.717) is 12.3 Å². The number of hydrogen-bond donors (Lipinski definition) is 2. The molecule has 2 heterocycles. The molecule has 0 saturated carbocycles. The summed E-state index contributed by atoms with van der Waals surface area (Å²) in [6.07, 6.45) is 6.10. The molecule has 0 aliphatic carbocycles. The largest absolute Gasteiger partial charge is 0.484 e. The molecule has 0 radical (unpaired) electrons. The lowest BCUT2D eigenvalue weighted by Crippen LogP contribution is -2.05. The normalized spacial score (nSPS) is 10.5. The van der Waals surface area contributed by atoms with Crippen LogP contribution in [0.15, 0.2) is 79.3 Å². The number of carbonyl (C=O) groups excluding carboxylic acids is 1. The van der Waals surface area contributed by atoms with Crippen molar-refractivity contribution in [1.29, 1.82) is 0 Å². The highest BCUT2D eigenvalue weighted by Crippen LogP contribution is 2.32. The third-order valence-electron chi connectivity index (χ3n) is 5.08. The molecule has 0 bridgehead atoms. The Labute approximate surface area is 195 Å². The summed E-state index contributed by atoms with van der Waals surface area (Å²) in [5.74, 6) is 1.39. The molecule has 0 aliphatic heterocycles. The fraction of sp³-hybridized carbons (Fsp3) is 0.148. The van der Waals surface area contributed by atoms with Crippen molar-refractivity contribution < 1.29 is 11.0 Å². The van der Waals surface area contributed by atoms with Crippen LogP contribution in [0.5, 0.6) is 5.75 Å². The number of aldehydes is 1. The molecule has 33 heavy (non-hydrogen) atoms. The average Bonchev–Trinajstić information content (AvgIpc) is 2.82. The Morgan fingerprint density at radius 2 is 1.79 bits per heavy atom. The standard InChI is InChI=1S/C27H26N4O2.H2/c1-19-12-20(2)14-24(13-19)31-27-16-23(7-9-29-27)22-5-6-26(33-11-10-32)25(15-22)30-18-21-4-3-8-28-17-21;/h3-10,12-17,30H,11,18H2,1-2H3,(H,29,31);1H. The average molecular weight is 441 g/mol. The zero-order valence-electron chi connectivity index (χ0n) is 18.7. The number of nitrogens with one attached hydrogen (secondary N) is 2. The highest BCUT2D eigenvalue weighted by molar-refractivity contribution is 5.74. The van der Waals surface area contributed by atoms with Crippen molar-refractivity contribution in [3.05, 3.63) is 95.9 Å². The van der Waals surface area contributed by atoms with E-state index in [9.17, 15) is 4.79 Å². The summed E-state index contributed by atoms with van der Waals surface area (Å²) in [5, 5.41) is 6.80. The second-order valence-electron chi connectivity index (χ2n) is 7.83. The quantitative estimate of drug-likeness (QED) is 0.314. The van der Waals surface area contributed by atoms with Crippen LogP contribution in [0.4, 0.5) is 17.2 Å². The van der Waals surface area contributed by atoms with E-state index in [0.717, 1.165) is 40.2 Å². The van der Waals surface area contributed by atoms with E-state index in [1.54, 1.807) is 12.4 Å². The van der Waals surface area contributed by atoms with Gasteiger partial charge in [-0.1, -0.05) is 18.2 Å². The molecule has 2 aromatic heterocycles. The number of pyridine rings is 2. The molecular formula is C27H28N4O2. The van der Waals surface area contributed by atoms with Crippen LogP contribution in [-0.2, 0) is 11.3 Å². The summed E-state index contributed by atoms with van der Waals surface area (Å²) in [6.45, 7) is 4.75. The maximum atomic E-state index is 10.8. The van der Waals surface area contributed by atoms with Gasteiger partial charge in [0.1, 0.15) is 18.2 Å². The molecule has 0 fully saturated rings. The Balaban J connectivity index is 0.00000324. The van der Waals surface area contributed by atoms with Crippen LogP contribution in [-0.4, -0.2) is 22.9 Å². The number of nitrogens with zero attached hydrogens (tertiary/aromatic N) is 2. The molecule has 2 aromatic carbocycles. The minimum absolute atomic E-state index is 0. The molecule has 0 amide bonds. The van der Waals surface area contributed by atoms with Gasteiger partial charge in [-0.2, -0.15) is 0 Å². The van der Waals surface area contributed by atoms with Crippen LogP contribution in [0.2, 0.25) is 0 Å². The van der Waals surface area contributed by atoms with Gasteiger partial charge in [-0.25, -0.2) is 4.98 Å². The van der Waals surface area contributed by atoms with Gasteiger partial charge in [-0.05, 0) is 84.1 Å². The van der Waals surface area contributed by atoms with Crippen molar-refractivity contribution in [2.24, 2.45) is 0 Å². The van der Waals surface area contributed by atoms with E-state index >= 15 is 0 Å². The van der Waals surface area contributed by atoms with Crippen molar-refractivity contribution in [1.82, 2.24) is 9.97 Å². The van der Waals surface area contributed by atoms with Crippen molar-refractivity contribution in [3.8, 4) is 16.9 Å². The zero-order chi connectivity index (χ0) is 23.0. The summed E-state index contributed by atoms with van der Waals surface area (Å²) in [4.78, 5) is 19.5. The Kier molecular flexibility index (Phi) is 6.95. The van der Waals surface area contributed by atoms with Crippen LogP contribution < -0.4 is 15.4 Å². The summed E-state index contributed by atoms with van der Waals surface area (Å²) < 4.78 is 5.62.